The molecular formula is C14H23N3O3. The number of aromatic nitrogens is 2. The zero-order chi connectivity index (χ0) is 13.9. The van der Waals surface area contributed by atoms with Gasteiger partial charge in [0.05, 0.1) is 12.6 Å². The van der Waals surface area contributed by atoms with Crippen LogP contribution in [-0.2, 0) is 11.3 Å². The molecule has 0 spiro atoms. The standard InChI is InChI=1S/C14H23N3O3/c1-10(18)12-2-5-17(8-12)9-13-15-14(20-16-13)11-3-6-19-7-4-11/h10-12,18H,2-9H2,1H3. The van der Waals surface area contributed by atoms with Gasteiger partial charge in [-0.05, 0) is 38.6 Å². The number of hydrogen-bond donors (Lipinski definition) is 1. The molecule has 2 aliphatic heterocycles. The van der Waals surface area contributed by atoms with Crippen molar-refractivity contribution >= 4 is 0 Å². The van der Waals surface area contributed by atoms with Gasteiger partial charge in [0, 0.05) is 25.7 Å². The highest BCUT2D eigenvalue weighted by molar-refractivity contribution is 4.96. The van der Waals surface area contributed by atoms with E-state index in [2.05, 4.69) is 15.0 Å². The number of ether oxygens (including phenoxy) is 1. The van der Waals surface area contributed by atoms with Crippen LogP contribution in [0.1, 0.15) is 43.8 Å². The quantitative estimate of drug-likeness (QED) is 0.893. The van der Waals surface area contributed by atoms with Gasteiger partial charge in [-0.1, -0.05) is 5.16 Å². The Morgan fingerprint density at radius 2 is 2.15 bits per heavy atom. The van der Waals surface area contributed by atoms with Crippen LogP contribution in [0.5, 0.6) is 0 Å². The van der Waals surface area contributed by atoms with E-state index in [4.69, 9.17) is 9.26 Å². The average Bonchev–Trinajstić information content (AvgIpc) is 3.10. The lowest BCUT2D eigenvalue weighted by Gasteiger charge is -2.18. The molecule has 2 aliphatic rings. The lowest BCUT2D eigenvalue weighted by molar-refractivity contribution is 0.0778. The van der Waals surface area contributed by atoms with E-state index in [0.717, 1.165) is 63.8 Å². The number of hydrogen-bond acceptors (Lipinski definition) is 6. The van der Waals surface area contributed by atoms with Gasteiger partial charge in [0.1, 0.15) is 0 Å². The Labute approximate surface area is 119 Å². The van der Waals surface area contributed by atoms with E-state index in [1.54, 1.807) is 0 Å². The summed E-state index contributed by atoms with van der Waals surface area (Å²) in [6.07, 6.45) is 2.75. The molecule has 0 radical (unpaired) electrons. The predicted octanol–water partition coefficient (Wildman–Crippen LogP) is 1.17. The molecule has 3 rings (SSSR count). The van der Waals surface area contributed by atoms with Gasteiger partial charge in [-0.2, -0.15) is 4.98 Å². The van der Waals surface area contributed by atoms with E-state index >= 15 is 0 Å². The van der Waals surface area contributed by atoms with Gasteiger partial charge in [-0.3, -0.25) is 4.90 Å². The van der Waals surface area contributed by atoms with Crippen LogP contribution in [0.15, 0.2) is 4.52 Å². The number of nitrogens with zero attached hydrogens (tertiary/aromatic N) is 3. The van der Waals surface area contributed by atoms with E-state index in [0.29, 0.717) is 11.8 Å². The van der Waals surface area contributed by atoms with Crippen molar-refractivity contribution in [3.63, 3.8) is 0 Å². The summed E-state index contributed by atoms with van der Waals surface area (Å²) >= 11 is 0. The van der Waals surface area contributed by atoms with Crippen molar-refractivity contribution in [2.45, 2.75) is 44.8 Å². The first-order chi connectivity index (χ1) is 9.72. The van der Waals surface area contributed by atoms with E-state index in [9.17, 15) is 5.11 Å². The van der Waals surface area contributed by atoms with E-state index < -0.39 is 0 Å². The molecule has 6 nitrogen and oxygen atoms in total. The normalized spacial score (nSPS) is 27.0. The first kappa shape index (κ1) is 14.0. The second kappa shape index (κ2) is 6.20. The summed E-state index contributed by atoms with van der Waals surface area (Å²) in [4.78, 5) is 6.82. The van der Waals surface area contributed by atoms with E-state index in [1.807, 2.05) is 6.92 Å². The summed E-state index contributed by atoms with van der Waals surface area (Å²) in [7, 11) is 0. The van der Waals surface area contributed by atoms with Crippen LogP contribution in [0.2, 0.25) is 0 Å². The SMILES string of the molecule is CC(O)C1CCN(Cc2noc(C3CCOCC3)n2)C1. The maximum absolute atomic E-state index is 9.62. The van der Waals surface area contributed by atoms with Crippen molar-refractivity contribution < 1.29 is 14.4 Å². The Morgan fingerprint density at radius 1 is 1.35 bits per heavy atom. The second-order valence-corrected chi connectivity index (χ2v) is 5.96. The lowest BCUT2D eigenvalue weighted by atomic mass is 10.0. The van der Waals surface area contributed by atoms with Gasteiger partial charge >= 0.3 is 0 Å². The van der Waals surface area contributed by atoms with Crippen molar-refractivity contribution in [3.8, 4) is 0 Å². The van der Waals surface area contributed by atoms with Gasteiger partial charge < -0.3 is 14.4 Å². The maximum atomic E-state index is 9.62. The molecular weight excluding hydrogens is 258 g/mol. The van der Waals surface area contributed by atoms with Crippen LogP contribution in [0.25, 0.3) is 0 Å². The summed E-state index contributed by atoms with van der Waals surface area (Å²) < 4.78 is 10.7. The highest BCUT2D eigenvalue weighted by Gasteiger charge is 2.27. The largest absolute Gasteiger partial charge is 0.393 e. The number of aliphatic hydroxyl groups excluding tert-OH is 1. The molecule has 2 unspecified atom stereocenters. The molecule has 2 fully saturated rings. The Morgan fingerprint density at radius 3 is 2.85 bits per heavy atom. The minimum Gasteiger partial charge on any atom is -0.393 e. The third-order valence-corrected chi connectivity index (χ3v) is 4.41. The van der Waals surface area contributed by atoms with Crippen molar-refractivity contribution in [2.75, 3.05) is 26.3 Å². The monoisotopic (exact) mass is 281 g/mol. The minimum absolute atomic E-state index is 0.233. The van der Waals surface area contributed by atoms with Crippen LogP contribution in [0, 0.1) is 5.92 Å². The first-order valence-corrected chi connectivity index (χ1v) is 7.53. The molecule has 6 heteroatoms. The Hall–Kier alpha value is -0.980. The van der Waals surface area contributed by atoms with Gasteiger partial charge in [-0.15, -0.1) is 0 Å². The average molecular weight is 281 g/mol. The summed E-state index contributed by atoms with van der Waals surface area (Å²) in [6, 6.07) is 0. The topological polar surface area (TPSA) is 71.6 Å². The number of likely N-dealkylation sites (tertiary alicyclic amines) is 1. The molecule has 0 saturated carbocycles. The predicted molar refractivity (Wildman–Crippen MR) is 72.2 cm³/mol. The maximum Gasteiger partial charge on any atom is 0.229 e. The summed E-state index contributed by atoms with van der Waals surface area (Å²) in [5.41, 5.74) is 0. The Kier molecular flexibility index (Phi) is 4.33. The first-order valence-electron chi connectivity index (χ1n) is 7.53. The summed E-state index contributed by atoms with van der Waals surface area (Å²) in [5, 5.41) is 13.7. The van der Waals surface area contributed by atoms with Gasteiger partial charge in [0.2, 0.25) is 5.89 Å². The molecule has 0 aromatic carbocycles. The molecule has 112 valence electrons. The Bertz CT molecular complexity index is 429. The van der Waals surface area contributed by atoms with Crippen LogP contribution >= 0.6 is 0 Å². The molecule has 2 atom stereocenters. The fraction of sp³-hybridized carbons (Fsp3) is 0.857. The van der Waals surface area contributed by atoms with Crippen molar-refractivity contribution in [3.05, 3.63) is 11.7 Å². The summed E-state index contributed by atoms with van der Waals surface area (Å²) in [5.74, 6) is 2.25. The third-order valence-electron chi connectivity index (χ3n) is 4.41. The molecule has 1 aromatic rings. The van der Waals surface area contributed by atoms with Gasteiger partial charge in [0.25, 0.3) is 0 Å². The number of rotatable bonds is 4. The van der Waals surface area contributed by atoms with Crippen LogP contribution in [0.4, 0.5) is 0 Å². The zero-order valence-corrected chi connectivity index (χ0v) is 12.0. The third kappa shape index (κ3) is 3.19. The molecule has 2 saturated heterocycles. The van der Waals surface area contributed by atoms with Crippen molar-refractivity contribution in [1.82, 2.24) is 15.0 Å². The van der Waals surface area contributed by atoms with Gasteiger partial charge in [-0.25, -0.2) is 0 Å². The van der Waals surface area contributed by atoms with Crippen molar-refractivity contribution in [2.24, 2.45) is 5.92 Å². The Balaban J connectivity index is 1.55. The van der Waals surface area contributed by atoms with Crippen LogP contribution in [-0.4, -0.2) is 52.6 Å². The van der Waals surface area contributed by atoms with E-state index in [1.165, 1.54) is 0 Å². The smallest absolute Gasteiger partial charge is 0.229 e. The lowest BCUT2D eigenvalue weighted by Crippen LogP contribution is -2.24. The molecule has 3 heterocycles. The fourth-order valence-electron chi connectivity index (χ4n) is 3.04. The van der Waals surface area contributed by atoms with Crippen molar-refractivity contribution in [1.29, 1.82) is 0 Å². The van der Waals surface area contributed by atoms with Gasteiger partial charge in [0.15, 0.2) is 5.82 Å². The molecule has 0 bridgehead atoms. The van der Waals surface area contributed by atoms with Crippen LogP contribution < -0.4 is 0 Å². The fourth-order valence-corrected chi connectivity index (χ4v) is 3.04. The minimum atomic E-state index is -0.233. The molecule has 0 aliphatic carbocycles. The molecule has 1 aromatic heterocycles. The van der Waals surface area contributed by atoms with Crippen LogP contribution in [0.3, 0.4) is 0 Å². The van der Waals surface area contributed by atoms with E-state index in [-0.39, 0.29) is 6.10 Å². The number of aliphatic hydroxyl groups is 1. The zero-order valence-electron chi connectivity index (χ0n) is 12.0. The molecule has 20 heavy (non-hydrogen) atoms. The second-order valence-electron chi connectivity index (χ2n) is 5.96. The molecule has 0 amide bonds. The highest BCUT2D eigenvalue weighted by atomic mass is 16.5. The molecule has 1 N–H and O–H groups in total. The summed E-state index contributed by atoms with van der Waals surface area (Å²) in [6.45, 7) is 6.06. The highest BCUT2D eigenvalue weighted by Crippen LogP contribution is 2.26.